The van der Waals surface area contributed by atoms with Gasteiger partial charge in [0.1, 0.15) is 0 Å². The number of anilines is 2. The lowest BCUT2D eigenvalue weighted by atomic mass is 9.82. The zero-order valence-corrected chi connectivity index (χ0v) is 13.5. The van der Waals surface area contributed by atoms with Gasteiger partial charge in [-0.15, -0.1) is 12.4 Å². The fraction of sp³-hybridized carbons (Fsp3) is 0.278. The van der Waals surface area contributed by atoms with E-state index in [4.69, 9.17) is 5.73 Å². The Labute approximate surface area is 137 Å². The van der Waals surface area contributed by atoms with E-state index in [9.17, 15) is 4.79 Å². The molecule has 0 spiro atoms. The van der Waals surface area contributed by atoms with Crippen LogP contribution in [0.15, 0.2) is 42.5 Å². The second-order valence-corrected chi connectivity index (χ2v) is 5.71. The summed E-state index contributed by atoms with van der Waals surface area (Å²) in [6.45, 7) is 1.98. The van der Waals surface area contributed by atoms with E-state index in [1.54, 1.807) is 0 Å². The van der Waals surface area contributed by atoms with Gasteiger partial charge in [0.05, 0.1) is 5.92 Å². The van der Waals surface area contributed by atoms with Crippen molar-refractivity contribution < 1.29 is 4.79 Å². The van der Waals surface area contributed by atoms with Crippen LogP contribution < -0.4 is 11.1 Å². The molecule has 1 aliphatic carbocycles. The van der Waals surface area contributed by atoms with Gasteiger partial charge in [-0.1, -0.05) is 30.3 Å². The molecule has 1 atom stereocenters. The first kappa shape index (κ1) is 16.4. The van der Waals surface area contributed by atoms with Gasteiger partial charge in [0.25, 0.3) is 0 Å². The highest BCUT2D eigenvalue weighted by Gasteiger charge is 2.26. The van der Waals surface area contributed by atoms with Crippen molar-refractivity contribution >= 4 is 29.7 Å². The lowest BCUT2D eigenvalue weighted by molar-refractivity contribution is -0.117. The molecule has 116 valence electrons. The highest BCUT2D eigenvalue weighted by molar-refractivity contribution is 5.97. The molecular weight excluding hydrogens is 296 g/mol. The lowest BCUT2D eigenvalue weighted by Crippen LogP contribution is -2.25. The molecule has 3 N–H and O–H groups in total. The SMILES string of the molecule is Cc1ccc(N)cc1NC(=O)C1CCCc2ccccc21.Cl. The summed E-state index contributed by atoms with van der Waals surface area (Å²) in [5.74, 6) is 0.00614. The number of hydrogen-bond acceptors (Lipinski definition) is 2. The predicted octanol–water partition coefficient (Wildman–Crippen LogP) is 4.06. The number of halogens is 1. The van der Waals surface area contributed by atoms with Crippen LogP contribution in [0.3, 0.4) is 0 Å². The zero-order chi connectivity index (χ0) is 14.8. The van der Waals surface area contributed by atoms with Gasteiger partial charge < -0.3 is 11.1 Å². The Hall–Kier alpha value is -2.00. The molecule has 4 heteroatoms. The molecule has 3 nitrogen and oxygen atoms in total. The van der Waals surface area contributed by atoms with Crippen LogP contribution in [-0.2, 0) is 11.2 Å². The molecule has 0 aromatic heterocycles. The highest BCUT2D eigenvalue weighted by atomic mass is 35.5. The van der Waals surface area contributed by atoms with Gasteiger partial charge in [0, 0.05) is 11.4 Å². The number of hydrogen-bond donors (Lipinski definition) is 2. The Kier molecular flexibility index (Phi) is 5.09. The average Bonchev–Trinajstić information content (AvgIpc) is 2.50. The number of fused-ring (bicyclic) bond motifs is 1. The van der Waals surface area contributed by atoms with Gasteiger partial charge in [-0.3, -0.25) is 4.79 Å². The van der Waals surface area contributed by atoms with Gasteiger partial charge in [0.15, 0.2) is 0 Å². The van der Waals surface area contributed by atoms with E-state index in [1.807, 2.05) is 37.3 Å². The molecular formula is C18H21ClN2O. The maximum atomic E-state index is 12.6. The number of carbonyl (C=O) groups is 1. The van der Waals surface area contributed by atoms with Crippen LogP contribution in [0.4, 0.5) is 11.4 Å². The normalized spacial score (nSPS) is 16.3. The average molecular weight is 317 g/mol. The fourth-order valence-corrected chi connectivity index (χ4v) is 3.02. The number of nitrogen functional groups attached to an aromatic ring is 1. The van der Waals surface area contributed by atoms with Gasteiger partial charge in [-0.05, 0) is 55.0 Å². The van der Waals surface area contributed by atoms with Crippen LogP contribution in [-0.4, -0.2) is 5.91 Å². The van der Waals surface area contributed by atoms with Crippen LogP contribution in [0, 0.1) is 6.92 Å². The monoisotopic (exact) mass is 316 g/mol. The van der Waals surface area contributed by atoms with E-state index in [0.29, 0.717) is 5.69 Å². The lowest BCUT2D eigenvalue weighted by Gasteiger charge is -2.25. The molecule has 1 aliphatic rings. The summed E-state index contributed by atoms with van der Waals surface area (Å²) in [7, 11) is 0. The van der Waals surface area contributed by atoms with Crippen molar-refractivity contribution in [2.24, 2.45) is 0 Å². The minimum Gasteiger partial charge on any atom is -0.399 e. The van der Waals surface area contributed by atoms with Crippen LogP contribution in [0.1, 0.15) is 35.4 Å². The number of rotatable bonds is 2. The number of nitrogens with one attached hydrogen (secondary N) is 1. The van der Waals surface area contributed by atoms with Crippen molar-refractivity contribution in [2.75, 3.05) is 11.1 Å². The van der Waals surface area contributed by atoms with E-state index in [0.717, 1.165) is 30.5 Å². The molecule has 0 bridgehead atoms. The number of aryl methyl sites for hydroxylation is 2. The van der Waals surface area contributed by atoms with Gasteiger partial charge in [-0.25, -0.2) is 0 Å². The molecule has 0 saturated heterocycles. The number of carbonyl (C=O) groups excluding carboxylic acids is 1. The summed E-state index contributed by atoms with van der Waals surface area (Å²) in [5, 5.41) is 3.04. The minimum absolute atomic E-state index is 0. The fourth-order valence-electron chi connectivity index (χ4n) is 3.02. The summed E-state index contributed by atoms with van der Waals surface area (Å²) < 4.78 is 0. The number of nitrogens with two attached hydrogens (primary N) is 1. The Morgan fingerprint density at radius 1 is 1.23 bits per heavy atom. The maximum Gasteiger partial charge on any atom is 0.231 e. The zero-order valence-electron chi connectivity index (χ0n) is 12.6. The van der Waals surface area contributed by atoms with Crippen molar-refractivity contribution in [1.82, 2.24) is 0 Å². The van der Waals surface area contributed by atoms with Crippen LogP contribution >= 0.6 is 12.4 Å². The van der Waals surface area contributed by atoms with E-state index in [1.165, 1.54) is 11.1 Å². The Morgan fingerprint density at radius 2 is 2.00 bits per heavy atom. The molecule has 1 unspecified atom stereocenters. The van der Waals surface area contributed by atoms with Crippen LogP contribution in [0.25, 0.3) is 0 Å². The largest absolute Gasteiger partial charge is 0.399 e. The minimum atomic E-state index is -0.0595. The van der Waals surface area contributed by atoms with Gasteiger partial charge in [-0.2, -0.15) is 0 Å². The predicted molar refractivity (Wildman–Crippen MR) is 93.6 cm³/mol. The smallest absolute Gasteiger partial charge is 0.231 e. The van der Waals surface area contributed by atoms with E-state index < -0.39 is 0 Å². The molecule has 3 rings (SSSR count). The summed E-state index contributed by atoms with van der Waals surface area (Å²) in [6, 6.07) is 13.9. The first-order valence-corrected chi connectivity index (χ1v) is 7.40. The molecule has 1 amide bonds. The third-order valence-electron chi connectivity index (χ3n) is 4.21. The van der Waals surface area contributed by atoms with E-state index >= 15 is 0 Å². The molecule has 0 aliphatic heterocycles. The second-order valence-electron chi connectivity index (χ2n) is 5.71. The van der Waals surface area contributed by atoms with Crippen LogP contribution in [0.2, 0.25) is 0 Å². The summed E-state index contributed by atoms with van der Waals surface area (Å²) in [6.07, 6.45) is 3.03. The number of amides is 1. The second kappa shape index (κ2) is 6.84. The Bertz CT molecular complexity index is 685. The Morgan fingerprint density at radius 3 is 2.82 bits per heavy atom. The summed E-state index contributed by atoms with van der Waals surface area (Å²) >= 11 is 0. The molecule has 2 aromatic rings. The first-order valence-electron chi connectivity index (χ1n) is 7.40. The molecule has 0 heterocycles. The molecule has 0 saturated carbocycles. The van der Waals surface area contributed by atoms with Crippen LogP contribution in [0.5, 0.6) is 0 Å². The third kappa shape index (κ3) is 3.25. The molecule has 0 fully saturated rings. The Balaban J connectivity index is 0.00000176. The topological polar surface area (TPSA) is 55.1 Å². The third-order valence-corrected chi connectivity index (χ3v) is 4.21. The molecule has 0 radical (unpaired) electrons. The van der Waals surface area contributed by atoms with Gasteiger partial charge >= 0.3 is 0 Å². The highest BCUT2D eigenvalue weighted by Crippen LogP contribution is 2.32. The number of benzene rings is 2. The van der Waals surface area contributed by atoms with Crippen molar-refractivity contribution in [3.8, 4) is 0 Å². The van der Waals surface area contributed by atoms with Gasteiger partial charge in [0.2, 0.25) is 5.91 Å². The summed E-state index contributed by atoms with van der Waals surface area (Å²) in [4.78, 5) is 12.6. The molecule has 2 aromatic carbocycles. The van der Waals surface area contributed by atoms with Crippen molar-refractivity contribution in [1.29, 1.82) is 0 Å². The van der Waals surface area contributed by atoms with E-state index in [-0.39, 0.29) is 24.2 Å². The maximum absolute atomic E-state index is 12.6. The first-order chi connectivity index (χ1) is 10.1. The summed E-state index contributed by atoms with van der Waals surface area (Å²) in [5.41, 5.74) is 10.8. The van der Waals surface area contributed by atoms with Crippen molar-refractivity contribution in [3.05, 3.63) is 59.2 Å². The standard InChI is InChI=1S/C18H20N2O.ClH/c1-12-9-10-14(19)11-17(12)20-18(21)16-8-4-6-13-5-2-3-7-15(13)16;/h2-3,5,7,9-11,16H,4,6,8,19H2,1H3,(H,20,21);1H. The van der Waals surface area contributed by atoms with E-state index in [2.05, 4.69) is 17.4 Å². The van der Waals surface area contributed by atoms with Crippen molar-refractivity contribution in [2.45, 2.75) is 32.1 Å². The quantitative estimate of drug-likeness (QED) is 0.821. The van der Waals surface area contributed by atoms with Crippen molar-refractivity contribution in [3.63, 3.8) is 0 Å². The molecule has 22 heavy (non-hydrogen) atoms.